The topological polar surface area (TPSA) is 29.3 Å². The van der Waals surface area contributed by atoms with Crippen LogP contribution in [0.5, 0.6) is 0 Å². The van der Waals surface area contributed by atoms with E-state index < -0.39 is 0 Å². The molecule has 2 N–H and O–H groups in total. The highest BCUT2D eigenvalue weighted by molar-refractivity contribution is 7.99. The lowest BCUT2D eigenvalue weighted by atomic mass is 10.0. The van der Waals surface area contributed by atoms with Gasteiger partial charge in [0.25, 0.3) is 0 Å². The van der Waals surface area contributed by atoms with E-state index in [4.69, 9.17) is 5.73 Å². The summed E-state index contributed by atoms with van der Waals surface area (Å²) < 4.78 is 0. The van der Waals surface area contributed by atoms with Gasteiger partial charge in [-0.15, -0.1) is 0 Å². The van der Waals surface area contributed by atoms with Crippen LogP contribution in [0.2, 0.25) is 0 Å². The summed E-state index contributed by atoms with van der Waals surface area (Å²) in [6.45, 7) is 5.20. The van der Waals surface area contributed by atoms with Crippen LogP contribution in [0.15, 0.2) is 24.3 Å². The molecular formula is C14H22N2S. The molecule has 3 heteroatoms. The third kappa shape index (κ3) is 3.47. The Hall–Kier alpha value is -0.510. The maximum absolute atomic E-state index is 5.98. The van der Waals surface area contributed by atoms with Gasteiger partial charge in [-0.1, -0.05) is 29.8 Å². The van der Waals surface area contributed by atoms with E-state index in [0.717, 1.165) is 0 Å². The molecule has 1 aliphatic rings. The van der Waals surface area contributed by atoms with Gasteiger partial charge in [-0.25, -0.2) is 0 Å². The lowest BCUT2D eigenvalue weighted by Gasteiger charge is -2.29. The summed E-state index contributed by atoms with van der Waals surface area (Å²) in [6, 6.07) is 9.22. The van der Waals surface area contributed by atoms with Crippen LogP contribution in [0.1, 0.15) is 23.6 Å². The van der Waals surface area contributed by atoms with Crippen LogP contribution in [0.3, 0.4) is 0 Å². The van der Waals surface area contributed by atoms with Crippen molar-refractivity contribution in [3.63, 3.8) is 0 Å². The van der Waals surface area contributed by atoms with Crippen LogP contribution in [0.25, 0.3) is 0 Å². The second-order valence-electron chi connectivity index (χ2n) is 4.66. The largest absolute Gasteiger partial charge is 0.329 e. The van der Waals surface area contributed by atoms with Gasteiger partial charge in [0.1, 0.15) is 0 Å². The highest BCUT2D eigenvalue weighted by Gasteiger charge is 2.19. The predicted molar refractivity (Wildman–Crippen MR) is 76.5 cm³/mol. The van der Waals surface area contributed by atoms with Gasteiger partial charge in [0, 0.05) is 24.9 Å². The zero-order chi connectivity index (χ0) is 12.1. The highest BCUT2D eigenvalue weighted by Crippen LogP contribution is 2.23. The number of aryl methyl sites for hydroxylation is 1. The van der Waals surface area contributed by atoms with Crippen LogP contribution in [-0.4, -0.2) is 36.0 Å². The Kier molecular flexibility index (Phi) is 4.89. The van der Waals surface area contributed by atoms with Crippen LogP contribution in [0.4, 0.5) is 0 Å². The monoisotopic (exact) mass is 250 g/mol. The fourth-order valence-electron chi connectivity index (χ4n) is 2.36. The number of rotatable bonds is 3. The van der Waals surface area contributed by atoms with E-state index in [2.05, 4.69) is 47.9 Å². The van der Waals surface area contributed by atoms with Gasteiger partial charge in [-0.2, -0.15) is 11.8 Å². The number of nitrogens with two attached hydrogens (primary N) is 1. The summed E-state index contributed by atoms with van der Waals surface area (Å²) in [4.78, 5) is 2.55. The molecule has 0 aliphatic carbocycles. The van der Waals surface area contributed by atoms with Gasteiger partial charge in [0.05, 0.1) is 0 Å². The smallest absolute Gasteiger partial charge is 0.0470 e. The third-order valence-electron chi connectivity index (χ3n) is 3.38. The molecular weight excluding hydrogens is 228 g/mol. The van der Waals surface area contributed by atoms with Gasteiger partial charge < -0.3 is 5.73 Å². The fraction of sp³-hybridized carbons (Fsp3) is 0.571. The summed E-state index contributed by atoms with van der Waals surface area (Å²) >= 11 is 2.06. The first-order valence-electron chi connectivity index (χ1n) is 6.39. The van der Waals surface area contributed by atoms with E-state index in [1.807, 2.05) is 0 Å². The van der Waals surface area contributed by atoms with E-state index in [1.54, 1.807) is 0 Å². The van der Waals surface area contributed by atoms with Crippen molar-refractivity contribution in [1.82, 2.24) is 4.90 Å². The van der Waals surface area contributed by atoms with Gasteiger partial charge in [-0.3, -0.25) is 4.90 Å². The second-order valence-corrected chi connectivity index (χ2v) is 5.89. The normalized spacial score (nSPS) is 19.9. The third-order valence-corrected chi connectivity index (χ3v) is 4.43. The van der Waals surface area contributed by atoms with E-state index >= 15 is 0 Å². The SMILES string of the molecule is Cc1ccc(C(CN)N2CCCSCC2)cc1. The minimum Gasteiger partial charge on any atom is -0.329 e. The molecule has 2 rings (SSSR count). The number of nitrogens with zero attached hydrogens (tertiary/aromatic N) is 1. The molecule has 0 spiro atoms. The maximum atomic E-state index is 5.98. The zero-order valence-electron chi connectivity index (χ0n) is 10.6. The van der Waals surface area contributed by atoms with Gasteiger partial charge in [0.2, 0.25) is 0 Å². The van der Waals surface area contributed by atoms with Crippen molar-refractivity contribution in [3.05, 3.63) is 35.4 Å². The highest BCUT2D eigenvalue weighted by atomic mass is 32.2. The summed E-state index contributed by atoms with van der Waals surface area (Å²) in [7, 11) is 0. The Morgan fingerprint density at radius 1 is 1.24 bits per heavy atom. The van der Waals surface area contributed by atoms with Gasteiger partial charge in [-0.05, 0) is 31.2 Å². The molecule has 0 aromatic heterocycles. The van der Waals surface area contributed by atoms with E-state index in [9.17, 15) is 0 Å². The van der Waals surface area contributed by atoms with Crippen LogP contribution >= 0.6 is 11.8 Å². The van der Waals surface area contributed by atoms with E-state index in [1.165, 1.54) is 42.1 Å². The standard InChI is InChI=1S/C14H22N2S/c1-12-3-5-13(6-4-12)14(11-15)16-7-2-9-17-10-8-16/h3-6,14H,2,7-11,15H2,1H3. The molecule has 0 radical (unpaired) electrons. The number of benzene rings is 1. The van der Waals surface area contributed by atoms with E-state index in [0.29, 0.717) is 12.6 Å². The van der Waals surface area contributed by atoms with E-state index in [-0.39, 0.29) is 0 Å². The number of hydrogen-bond acceptors (Lipinski definition) is 3. The number of hydrogen-bond donors (Lipinski definition) is 1. The molecule has 1 aromatic carbocycles. The van der Waals surface area contributed by atoms with Crippen molar-refractivity contribution < 1.29 is 0 Å². The van der Waals surface area contributed by atoms with Crippen molar-refractivity contribution in [2.75, 3.05) is 31.1 Å². The average Bonchev–Trinajstić information content (AvgIpc) is 2.62. The molecule has 1 aliphatic heterocycles. The maximum Gasteiger partial charge on any atom is 0.0470 e. The first-order chi connectivity index (χ1) is 8.31. The molecule has 1 saturated heterocycles. The average molecular weight is 250 g/mol. The zero-order valence-corrected chi connectivity index (χ0v) is 11.4. The predicted octanol–water partition coefficient (Wildman–Crippen LogP) is 2.43. The number of thioether (sulfide) groups is 1. The molecule has 17 heavy (non-hydrogen) atoms. The van der Waals surface area contributed by atoms with Crippen LogP contribution in [-0.2, 0) is 0 Å². The first kappa shape index (κ1) is 12.9. The Bertz CT molecular complexity index is 329. The Morgan fingerprint density at radius 2 is 2.00 bits per heavy atom. The van der Waals surface area contributed by atoms with Gasteiger partial charge in [0.15, 0.2) is 0 Å². The molecule has 0 amide bonds. The first-order valence-corrected chi connectivity index (χ1v) is 7.55. The summed E-state index contributed by atoms with van der Waals surface area (Å²) in [5.74, 6) is 2.53. The fourth-order valence-corrected chi connectivity index (χ4v) is 3.26. The van der Waals surface area contributed by atoms with Crippen LogP contribution in [0, 0.1) is 6.92 Å². The Morgan fingerprint density at radius 3 is 2.71 bits per heavy atom. The summed E-state index contributed by atoms with van der Waals surface area (Å²) in [5, 5.41) is 0. The summed E-state index contributed by atoms with van der Waals surface area (Å²) in [5.41, 5.74) is 8.66. The molecule has 1 unspecified atom stereocenters. The Balaban J connectivity index is 2.11. The lowest BCUT2D eigenvalue weighted by molar-refractivity contribution is 0.218. The van der Waals surface area contributed by atoms with Crippen molar-refractivity contribution in [3.8, 4) is 0 Å². The van der Waals surface area contributed by atoms with Crippen molar-refractivity contribution in [2.24, 2.45) is 5.73 Å². The minimum atomic E-state index is 0.397. The molecule has 1 fully saturated rings. The Labute approximate surface area is 109 Å². The van der Waals surface area contributed by atoms with Crippen molar-refractivity contribution in [1.29, 1.82) is 0 Å². The molecule has 0 saturated carbocycles. The molecule has 1 atom stereocenters. The minimum absolute atomic E-state index is 0.397. The van der Waals surface area contributed by atoms with Crippen LogP contribution < -0.4 is 5.73 Å². The van der Waals surface area contributed by atoms with Crippen molar-refractivity contribution >= 4 is 11.8 Å². The quantitative estimate of drug-likeness (QED) is 0.893. The summed E-state index contributed by atoms with van der Waals surface area (Å²) in [6.07, 6.45) is 1.28. The lowest BCUT2D eigenvalue weighted by Crippen LogP contribution is -2.35. The molecule has 94 valence electrons. The molecule has 2 nitrogen and oxygen atoms in total. The second kappa shape index (κ2) is 6.43. The molecule has 1 aromatic rings. The molecule has 0 bridgehead atoms. The van der Waals surface area contributed by atoms with Gasteiger partial charge >= 0.3 is 0 Å². The molecule has 1 heterocycles. The van der Waals surface area contributed by atoms with Crippen molar-refractivity contribution in [2.45, 2.75) is 19.4 Å².